The summed E-state index contributed by atoms with van der Waals surface area (Å²) >= 11 is 0. The third-order valence-corrected chi connectivity index (χ3v) is 5.00. The standard InChI is InChI=1S/C15H22O3/c1-10-7-12(18)13-14(2,3)5-4-6-15(13,9-17)11(10)8-16/h7,9,11,13,16H,4-6,8H2,1-3H3/t11-,13+,15-/m0/s1. The van der Waals surface area contributed by atoms with Gasteiger partial charge in [0.2, 0.25) is 0 Å². The summed E-state index contributed by atoms with van der Waals surface area (Å²) in [6.07, 6.45) is 5.21. The van der Waals surface area contributed by atoms with E-state index in [-0.39, 0.29) is 29.6 Å². The monoisotopic (exact) mass is 250 g/mol. The van der Waals surface area contributed by atoms with E-state index in [1.165, 1.54) is 0 Å². The minimum absolute atomic E-state index is 0.0546. The molecule has 3 atom stereocenters. The molecular formula is C15H22O3. The molecule has 0 bridgehead atoms. The zero-order valence-corrected chi connectivity index (χ0v) is 11.4. The lowest BCUT2D eigenvalue weighted by atomic mass is 9.48. The Hall–Kier alpha value is -0.960. The molecule has 2 rings (SSSR count). The van der Waals surface area contributed by atoms with Crippen LogP contribution in [0.15, 0.2) is 11.6 Å². The summed E-state index contributed by atoms with van der Waals surface area (Å²) in [4.78, 5) is 24.1. The lowest BCUT2D eigenvalue weighted by molar-refractivity contribution is -0.148. The molecule has 0 amide bonds. The largest absolute Gasteiger partial charge is 0.396 e. The fourth-order valence-electron chi connectivity index (χ4n) is 4.25. The van der Waals surface area contributed by atoms with Gasteiger partial charge in [-0.05, 0) is 31.3 Å². The molecule has 1 fully saturated rings. The molecule has 0 aliphatic heterocycles. The van der Waals surface area contributed by atoms with Crippen molar-refractivity contribution in [2.24, 2.45) is 22.7 Å². The molecule has 0 heterocycles. The first-order chi connectivity index (χ1) is 8.39. The first-order valence-corrected chi connectivity index (χ1v) is 6.68. The Morgan fingerprint density at radius 1 is 1.44 bits per heavy atom. The molecule has 1 N–H and O–H groups in total. The SMILES string of the molecule is CC1=CC(=O)[C@@H]2C(C)(C)CCC[C@]2(C=O)[C@H]1CO. The highest BCUT2D eigenvalue weighted by atomic mass is 16.3. The van der Waals surface area contributed by atoms with Crippen LogP contribution >= 0.6 is 0 Å². The van der Waals surface area contributed by atoms with Crippen LogP contribution in [0.2, 0.25) is 0 Å². The molecule has 0 saturated heterocycles. The Labute approximate surface area is 108 Å². The van der Waals surface area contributed by atoms with Crippen LogP contribution in [-0.2, 0) is 9.59 Å². The van der Waals surface area contributed by atoms with Gasteiger partial charge in [0.15, 0.2) is 5.78 Å². The van der Waals surface area contributed by atoms with Gasteiger partial charge >= 0.3 is 0 Å². The van der Waals surface area contributed by atoms with Crippen LogP contribution in [0.25, 0.3) is 0 Å². The van der Waals surface area contributed by atoms with Crippen molar-refractivity contribution in [3.63, 3.8) is 0 Å². The first-order valence-electron chi connectivity index (χ1n) is 6.68. The Morgan fingerprint density at radius 3 is 2.67 bits per heavy atom. The summed E-state index contributed by atoms with van der Waals surface area (Å²) < 4.78 is 0. The molecule has 0 radical (unpaired) electrons. The smallest absolute Gasteiger partial charge is 0.160 e. The number of carbonyl (C=O) groups excluding carboxylic acids is 2. The van der Waals surface area contributed by atoms with Gasteiger partial charge in [-0.3, -0.25) is 4.79 Å². The zero-order chi connectivity index (χ0) is 13.6. The average Bonchev–Trinajstić information content (AvgIpc) is 2.27. The van der Waals surface area contributed by atoms with Crippen LogP contribution < -0.4 is 0 Å². The van der Waals surface area contributed by atoms with Gasteiger partial charge in [-0.25, -0.2) is 0 Å². The fraction of sp³-hybridized carbons (Fsp3) is 0.733. The third kappa shape index (κ3) is 1.68. The Kier molecular flexibility index (Phi) is 3.22. The van der Waals surface area contributed by atoms with Gasteiger partial charge in [-0.2, -0.15) is 0 Å². The molecule has 1 saturated carbocycles. The highest BCUT2D eigenvalue weighted by Gasteiger charge is 2.58. The van der Waals surface area contributed by atoms with Gasteiger partial charge in [0, 0.05) is 17.3 Å². The average molecular weight is 250 g/mol. The van der Waals surface area contributed by atoms with Crippen LogP contribution in [0.4, 0.5) is 0 Å². The molecule has 0 aromatic heterocycles. The summed E-state index contributed by atoms with van der Waals surface area (Å²) in [5.74, 6) is -0.414. The van der Waals surface area contributed by atoms with Gasteiger partial charge < -0.3 is 9.90 Å². The molecule has 0 aromatic carbocycles. The number of rotatable bonds is 2. The zero-order valence-electron chi connectivity index (χ0n) is 11.4. The first kappa shape index (κ1) is 13.5. The van der Waals surface area contributed by atoms with E-state index >= 15 is 0 Å². The van der Waals surface area contributed by atoms with Crippen LogP contribution in [-0.4, -0.2) is 23.8 Å². The van der Waals surface area contributed by atoms with Crippen LogP contribution in [0, 0.1) is 22.7 Å². The van der Waals surface area contributed by atoms with Crippen molar-refractivity contribution >= 4 is 12.1 Å². The van der Waals surface area contributed by atoms with Gasteiger partial charge in [-0.15, -0.1) is 0 Å². The molecule has 2 aliphatic carbocycles. The maximum atomic E-state index is 12.4. The van der Waals surface area contributed by atoms with Gasteiger partial charge in [0.25, 0.3) is 0 Å². The number of aldehydes is 1. The van der Waals surface area contributed by atoms with Crippen molar-refractivity contribution in [1.82, 2.24) is 0 Å². The summed E-state index contributed by atoms with van der Waals surface area (Å²) in [7, 11) is 0. The maximum Gasteiger partial charge on any atom is 0.160 e. The summed E-state index contributed by atoms with van der Waals surface area (Å²) in [6, 6.07) is 0. The van der Waals surface area contributed by atoms with Crippen molar-refractivity contribution in [2.45, 2.75) is 40.0 Å². The molecule has 3 heteroatoms. The van der Waals surface area contributed by atoms with E-state index in [9.17, 15) is 14.7 Å². The van der Waals surface area contributed by atoms with Crippen LogP contribution in [0.3, 0.4) is 0 Å². The molecular weight excluding hydrogens is 228 g/mol. The summed E-state index contributed by atoms with van der Waals surface area (Å²) in [5, 5.41) is 9.64. The normalized spacial score (nSPS) is 38.9. The predicted molar refractivity (Wildman–Crippen MR) is 69.0 cm³/mol. The van der Waals surface area contributed by atoms with Crippen molar-refractivity contribution in [1.29, 1.82) is 0 Å². The maximum absolute atomic E-state index is 12.4. The van der Waals surface area contributed by atoms with Crippen LogP contribution in [0.1, 0.15) is 40.0 Å². The van der Waals surface area contributed by atoms with E-state index in [4.69, 9.17) is 0 Å². The Morgan fingerprint density at radius 2 is 2.11 bits per heavy atom. The van der Waals surface area contributed by atoms with Gasteiger partial charge in [0.1, 0.15) is 6.29 Å². The van der Waals surface area contributed by atoms with E-state index in [1.54, 1.807) is 6.08 Å². The minimum atomic E-state index is -0.688. The summed E-state index contributed by atoms with van der Waals surface area (Å²) in [6.45, 7) is 5.93. The Bertz CT molecular complexity index is 408. The molecule has 0 unspecified atom stereocenters. The molecule has 18 heavy (non-hydrogen) atoms. The van der Waals surface area contributed by atoms with Crippen molar-refractivity contribution in [3.8, 4) is 0 Å². The van der Waals surface area contributed by atoms with Crippen molar-refractivity contribution in [3.05, 3.63) is 11.6 Å². The summed E-state index contributed by atoms with van der Waals surface area (Å²) in [5.41, 5.74) is -0.00338. The minimum Gasteiger partial charge on any atom is -0.396 e. The lowest BCUT2D eigenvalue weighted by Crippen LogP contribution is -2.55. The lowest BCUT2D eigenvalue weighted by Gasteiger charge is -2.53. The molecule has 0 aromatic rings. The van der Waals surface area contributed by atoms with E-state index in [2.05, 4.69) is 13.8 Å². The van der Waals surface area contributed by atoms with E-state index in [0.717, 1.165) is 24.7 Å². The number of allylic oxidation sites excluding steroid dienone is 1. The number of carbonyl (C=O) groups is 2. The molecule has 100 valence electrons. The Balaban J connectivity index is 2.59. The third-order valence-electron chi connectivity index (χ3n) is 5.00. The molecule has 0 spiro atoms. The number of aliphatic hydroxyl groups excluding tert-OH is 1. The highest BCUT2D eigenvalue weighted by molar-refractivity contribution is 5.97. The number of fused-ring (bicyclic) bond motifs is 1. The quantitative estimate of drug-likeness (QED) is 0.764. The van der Waals surface area contributed by atoms with Gasteiger partial charge in [-0.1, -0.05) is 25.8 Å². The van der Waals surface area contributed by atoms with Gasteiger partial charge in [0.05, 0.1) is 6.61 Å². The fourth-order valence-corrected chi connectivity index (χ4v) is 4.25. The van der Waals surface area contributed by atoms with E-state index < -0.39 is 5.41 Å². The topological polar surface area (TPSA) is 54.4 Å². The molecule has 3 nitrogen and oxygen atoms in total. The van der Waals surface area contributed by atoms with E-state index in [1.807, 2.05) is 6.92 Å². The second-order valence-electron chi connectivity index (χ2n) is 6.53. The highest BCUT2D eigenvalue weighted by Crippen LogP contribution is 2.57. The molecule has 2 aliphatic rings. The second kappa shape index (κ2) is 4.30. The van der Waals surface area contributed by atoms with E-state index in [0.29, 0.717) is 6.42 Å². The predicted octanol–water partition coefficient (Wildman–Crippen LogP) is 2.14. The van der Waals surface area contributed by atoms with Crippen molar-refractivity contribution < 1.29 is 14.7 Å². The van der Waals surface area contributed by atoms with Crippen LogP contribution in [0.5, 0.6) is 0 Å². The van der Waals surface area contributed by atoms with Crippen molar-refractivity contribution in [2.75, 3.05) is 6.61 Å². The second-order valence-corrected chi connectivity index (χ2v) is 6.53. The number of aliphatic hydroxyl groups is 1. The number of ketones is 1. The number of hydrogen-bond donors (Lipinski definition) is 1. The number of hydrogen-bond acceptors (Lipinski definition) is 3.